The van der Waals surface area contributed by atoms with Gasteiger partial charge in [0.15, 0.2) is 9.84 Å². The van der Waals surface area contributed by atoms with Gasteiger partial charge in [-0.2, -0.15) is 0 Å². The third-order valence-electron chi connectivity index (χ3n) is 4.65. The summed E-state index contributed by atoms with van der Waals surface area (Å²) in [5, 5.41) is 0. The molecule has 1 saturated heterocycles. The predicted molar refractivity (Wildman–Crippen MR) is 101 cm³/mol. The molecule has 0 unspecified atom stereocenters. The molecule has 1 fully saturated rings. The molecule has 1 atom stereocenters. The number of sulfone groups is 1. The van der Waals surface area contributed by atoms with Crippen LogP contribution in [0.15, 0.2) is 53.2 Å². The number of carbonyl (C=O) groups excluding carboxylic acids is 1. The van der Waals surface area contributed by atoms with Crippen molar-refractivity contribution in [2.75, 3.05) is 11.5 Å². The molecule has 1 aromatic carbocycles. The molecule has 0 bridgehead atoms. The Hall–Kier alpha value is -2.34. The lowest BCUT2D eigenvalue weighted by Gasteiger charge is -2.27. The normalized spacial score (nSPS) is 19.0. The Balaban J connectivity index is 1.79. The summed E-state index contributed by atoms with van der Waals surface area (Å²) < 4.78 is 29.0. The highest BCUT2D eigenvalue weighted by molar-refractivity contribution is 7.91. The molecule has 0 radical (unpaired) electrons. The second-order valence-corrected chi connectivity index (χ2v) is 8.77. The molecule has 1 aliphatic heterocycles. The Labute approximate surface area is 154 Å². The van der Waals surface area contributed by atoms with Gasteiger partial charge in [-0.25, -0.2) is 8.42 Å². The molecule has 1 aliphatic rings. The second kappa shape index (κ2) is 7.91. The Bertz CT molecular complexity index is 867. The number of benzene rings is 1. The van der Waals surface area contributed by atoms with Gasteiger partial charge in [0.2, 0.25) is 5.91 Å². The first kappa shape index (κ1) is 18.5. The second-order valence-electron chi connectivity index (χ2n) is 6.54. The van der Waals surface area contributed by atoms with Gasteiger partial charge in [-0.1, -0.05) is 31.2 Å². The SMILES string of the molecule is CCc1ccc(CN(C(=O)/C=C/c2ccco2)[C@@H]2CCS(=O)(=O)C2)cc1. The van der Waals surface area contributed by atoms with Gasteiger partial charge in [-0.05, 0) is 42.2 Å². The Kier molecular flexibility index (Phi) is 5.61. The van der Waals surface area contributed by atoms with Crippen LogP contribution >= 0.6 is 0 Å². The fraction of sp³-hybridized carbons (Fsp3) is 0.350. The molecule has 0 aliphatic carbocycles. The van der Waals surface area contributed by atoms with E-state index in [1.54, 1.807) is 29.4 Å². The Morgan fingerprint density at radius 1 is 1.23 bits per heavy atom. The van der Waals surface area contributed by atoms with E-state index in [0.29, 0.717) is 18.7 Å². The van der Waals surface area contributed by atoms with Crippen molar-refractivity contribution in [1.82, 2.24) is 4.90 Å². The van der Waals surface area contributed by atoms with E-state index in [0.717, 1.165) is 12.0 Å². The average Bonchev–Trinajstić information content (AvgIpc) is 3.27. The number of furan rings is 1. The number of carbonyl (C=O) groups is 1. The molecule has 0 saturated carbocycles. The van der Waals surface area contributed by atoms with Crippen LogP contribution in [0, 0.1) is 0 Å². The van der Waals surface area contributed by atoms with Gasteiger partial charge in [0.1, 0.15) is 5.76 Å². The number of amides is 1. The maximum Gasteiger partial charge on any atom is 0.247 e. The van der Waals surface area contributed by atoms with Crippen LogP contribution in [0.25, 0.3) is 6.08 Å². The Morgan fingerprint density at radius 3 is 2.54 bits per heavy atom. The number of rotatable bonds is 6. The number of hydrogen-bond donors (Lipinski definition) is 0. The van der Waals surface area contributed by atoms with E-state index in [1.165, 1.54) is 11.6 Å². The summed E-state index contributed by atoms with van der Waals surface area (Å²) in [6, 6.07) is 11.3. The van der Waals surface area contributed by atoms with Crippen LogP contribution in [0.1, 0.15) is 30.2 Å². The first-order valence-electron chi connectivity index (χ1n) is 8.77. The van der Waals surface area contributed by atoms with Gasteiger partial charge >= 0.3 is 0 Å². The molecule has 2 aromatic rings. The van der Waals surface area contributed by atoms with Crippen LogP contribution < -0.4 is 0 Å². The molecule has 0 N–H and O–H groups in total. The minimum Gasteiger partial charge on any atom is -0.465 e. The number of nitrogens with zero attached hydrogens (tertiary/aromatic N) is 1. The van der Waals surface area contributed by atoms with Crippen molar-refractivity contribution >= 4 is 21.8 Å². The van der Waals surface area contributed by atoms with Crippen LogP contribution in [-0.2, 0) is 27.6 Å². The quantitative estimate of drug-likeness (QED) is 0.730. The molecule has 2 heterocycles. The monoisotopic (exact) mass is 373 g/mol. The van der Waals surface area contributed by atoms with E-state index in [4.69, 9.17) is 4.42 Å². The summed E-state index contributed by atoms with van der Waals surface area (Å²) in [6.07, 6.45) is 6.04. The summed E-state index contributed by atoms with van der Waals surface area (Å²) in [5.74, 6) is 0.547. The van der Waals surface area contributed by atoms with Gasteiger partial charge in [0, 0.05) is 18.7 Å². The molecular formula is C20H23NO4S. The standard InChI is InChI=1S/C20H23NO4S/c1-2-16-5-7-17(8-6-16)14-21(18-11-13-26(23,24)15-18)20(22)10-9-19-4-3-12-25-19/h3-10,12,18H,2,11,13-15H2,1H3/b10-9+/t18-/m1/s1. The molecule has 3 rings (SSSR count). The van der Waals surface area contributed by atoms with Crippen molar-refractivity contribution in [1.29, 1.82) is 0 Å². The fourth-order valence-electron chi connectivity index (χ4n) is 3.12. The van der Waals surface area contributed by atoms with Crippen molar-refractivity contribution in [3.63, 3.8) is 0 Å². The average molecular weight is 373 g/mol. The van der Waals surface area contributed by atoms with Gasteiger partial charge in [-0.15, -0.1) is 0 Å². The summed E-state index contributed by atoms with van der Waals surface area (Å²) in [7, 11) is -3.07. The molecule has 138 valence electrons. The zero-order chi connectivity index (χ0) is 18.6. The first-order valence-corrected chi connectivity index (χ1v) is 10.6. The van der Waals surface area contributed by atoms with E-state index in [9.17, 15) is 13.2 Å². The first-order chi connectivity index (χ1) is 12.5. The van der Waals surface area contributed by atoms with Crippen molar-refractivity contribution < 1.29 is 17.6 Å². The summed E-state index contributed by atoms with van der Waals surface area (Å²) in [6.45, 7) is 2.49. The van der Waals surface area contributed by atoms with Crippen molar-refractivity contribution in [3.8, 4) is 0 Å². The molecule has 0 spiro atoms. The minimum absolute atomic E-state index is 0.0282. The smallest absolute Gasteiger partial charge is 0.247 e. The van der Waals surface area contributed by atoms with Crippen LogP contribution in [0.2, 0.25) is 0 Å². The fourth-order valence-corrected chi connectivity index (χ4v) is 4.85. The molecular weight excluding hydrogens is 350 g/mol. The highest BCUT2D eigenvalue weighted by Gasteiger charge is 2.34. The minimum atomic E-state index is -3.07. The lowest BCUT2D eigenvalue weighted by Crippen LogP contribution is -2.39. The lowest BCUT2D eigenvalue weighted by molar-refractivity contribution is -0.128. The van der Waals surface area contributed by atoms with Gasteiger partial charge in [0.25, 0.3) is 0 Å². The topological polar surface area (TPSA) is 67.6 Å². The number of aryl methyl sites for hydroxylation is 1. The molecule has 1 aromatic heterocycles. The van der Waals surface area contributed by atoms with Crippen molar-refractivity contribution in [3.05, 3.63) is 65.6 Å². The zero-order valence-corrected chi connectivity index (χ0v) is 15.6. The largest absolute Gasteiger partial charge is 0.465 e. The third kappa shape index (κ3) is 4.64. The maximum atomic E-state index is 12.8. The van der Waals surface area contributed by atoms with Crippen LogP contribution in [0.5, 0.6) is 0 Å². The van der Waals surface area contributed by atoms with Crippen molar-refractivity contribution in [2.45, 2.75) is 32.4 Å². The summed E-state index contributed by atoms with van der Waals surface area (Å²) in [4.78, 5) is 14.4. The Morgan fingerprint density at radius 2 is 1.96 bits per heavy atom. The predicted octanol–water partition coefficient (Wildman–Crippen LogP) is 3.07. The highest BCUT2D eigenvalue weighted by Crippen LogP contribution is 2.21. The van der Waals surface area contributed by atoms with E-state index < -0.39 is 9.84 Å². The highest BCUT2D eigenvalue weighted by atomic mass is 32.2. The molecule has 5 nitrogen and oxygen atoms in total. The van der Waals surface area contributed by atoms with E-state index in [2.05, 4.69) is 6.92 Å². The van der Waals surface area contributed by atoms with Crippen LogP contribution in [-0.4, -0.2) is 36.8 Å². The van der Waals surface area contributed by atoms with Crippen LogP contribution in [0.3, 0.4) is 0 Å². The van der Waals surface area contributed by atoms with Crippen LogP contribution in [0.4, 0.5) is 0 Å². The number of hydrogen-bond acceptors (Lipinski definition) is 4. The molecule has 26 heavy (non-hydrogen) atoms. The van der Waals surface area contributed by atoms with Crippen molar-refractivity contribution in [2.24, 2.45) is 0 Å². The maximum absolute atomic E-state index is 12.8. The van der Waals surface area contributed by atoms with E-state index in [-0.39, 0.29) is 23.5 Å². The molecule has 6 heteroatoms. The lowest BCUT2D eigenvalue weighted by atomic mass is 10.1. The zero-order valence-electron chi connectivity index (χ0n) is 14.8. The van der Waals surface area contributed by atoms with Gasteiger partial charge in [0.05, 0.1) is 17.8 Å². The molecule has 1 amide bonds. The summed E-state index contributed by atoms with van der Waals surface area (Å²) >= 11 is 0. The van der Waals surface area contributed by atoms with Gasteiger partial charge < -0.3 is 9.32 Å². The third-order valence-corrected chi connectivity index (χ3v) is 6.40. The summed E-state index contributed by atoms with van der Waals surface area (Å²) in [5.41, 5.74) is 2.22. The van der Waals surface area contributed by atoms with E-state index in [1.807, 2.05) is 24.3 Å². The van der Waals surface area contributed by atoms with E-state index >= 15 is 0 Å². The van der Waals surface area contributed by atoms with Gasteiger partial charge in [-0.3, -0.25) is 4.79 Å².